The van der Waals surface area contributed by atoms with E-state index >= 15 is 0 Å². The summed E-state index contributed by atoms with van der Waals surface area (Å²) in [7, 11) is -0.858. The zero-order chi connectivity index (χ0) is 11.5. The molecular formula is C13H28OSi. The van der Waals surface area contributed by atoms with Gasteiger partial charge in [-0.15, -0.1) is 0 Å². The summed E-state index contributed by atoms with van der Waals surface area (Å²) in [6.07, 6.45) is 6.21. The van der Waals surface area contributed by atoms with E-state index in [1.54, 1.807) is 0 Å². The summed E-state index contributed by atoms with van der Waals surface area (Å²) in [5, 5.41) is 9.93. The lowest BCUT2D eigenvalue weighted by atomic mass is 9.98. The van der Waals surface area contributed by atoms with Crippen LogP contribution < -0.4 is 0 Å². The molecule has 0 aromatic heterocycles. The van der Waals surface area contributed by atoms with Gasteiger partial charge in [0.05, 0.1) is 6.10 Å². The predicted octanol–water partition coefficient (Wildman–Crippen LogP) is 3.90. The number of aliphatic hydroxyl groups is 1. The minimum absolute atomic E-state index is 0.0107. The minimum atomic E-state index is -0.858. The Balaban J connectivity index is 2.22. The second-order valence-corrected chi connectivity index (χ2v) is 12.1. The molecule has 1 saturated carbocycles. The van der Waals surface area contributed by atoms with E-state index in [9.17, 15) is 5.11 Å². The Labute approximate surface area is 96.3 Å². The Kier molecular flexibility index (Phi) is 4.85. The molecule has 3 atom stereocenters. The highest BCUT2D eigenvalue weighted by Crippen LogP contribution is 2.36. The summed E-state index contributed by atoms with van der Waals surface area (Å²) < 4.78 is 0. The molecule has 1 nitrogen and oxygen atoms in total. The van der Waals surface area contributed by atoms with Gasteiger partial charge in [-0.25, -0.2) is 0 Å². The van der Waals surface area contributed by atoms with Crippen molar-refractivity contribution < 1.29 is 5.11 Å². The van der Waals surface area contributed by atoms with Crippen LogP contribution in [0, 0.1) is 11.8 Å². The number of hydrogen-bond acceptors (Lipinski definition) is 1. The zero-order valence-corrected chi connectivity index (χ0v) is 11.9. The molecule has 0 radical (unpaired) electrons. The number of rotatable bonds is 5. The fourth-order valence-corrected chi connectivity index (χ4v) is 4.02. The molecule has 0 spiro atoms. The first-order valence-electron chi connectivity index (χ1n) is 6.60. The molecule has 1 rings (SSSR count). The minimum Gasteiger partial charge on any atom is -0.393 e. The summed E-state index contributed by atoms with van der Waals surface area (Å²) >= 11 is 0. The SMILES string of the molecule is CC[C@H]1C[C@@H](CCC[Si](C)(C)C)[C@H](O)C1. The third-order valence-electron chi connectivity index (χ3n) is 3.83. The predicted molar refractivity (Wildman–Crippen MR) is 69.9 cm³/mol. The monoisotopic (exact) mass is 228 g/mol. The Morgan fingerprint density at radius 1 is 1.20 bits per heavy atom. The lowest BCUT2D eigenvalue weighted by Crippen LogP contribution is -2.20. The van der Waals surface area contributed by atoms with Crippen molar-refractivity contribution in [2.75, 3.05) is 0 Å². The first-order valence-corrected chi connectivity index (χ1v) is 10.3. The average molecular weight is 228 g/mol. The maximum absolute atomic E-state index is 9.93. The van der Waals surface area contributed by atoms with Crippen LogP contribution in [0.5, 0.6) is 0 Å². The van der Waals surface area contributed by atoms with Gasteiger partial charge in [-0.2, -0.15) is 0 Å². The fraction of sp³-hybridized carbons (Fsp3) is 1.00. The van der Waals surface area contributed by atoms with Crippen LogP contribution in [0.3, 0.4) is 0 Å². The molecule has 0 amide bonds. The standard InChI is InChI=1S/C13H28OSi/c1-5-11-9-12(13(14)10-11)7-6-8-15(2,3)4/h11-14H,5-10H2,1-4H3/t11-,12+,13+/m0/s1. The molecule has 0 aromatic rings. The molecule has 15 heavy (non-hydrogen) atoms. The first-order chi connectivity index (χ1) is 6.92. The topological polar surface area (TPSA) is 20.2 Å². The molecule has 0 unspecified atom stereocenters. The van der Waals surface area contributed by atoms with E-state index in [0.717, 1.165) is 12.3 Å². The zero-order valence-electron chi connectivity index (χ0n) is 10.9. The second kappa shape index (κ2) is 5.49. The molecule has 0 aliphatic heterocycles. The van der Waals surface area contributed by atoms with Gasteiger partial charge in [0.25, 0.3) is 0 Å². The van der Waals surface area contributed by atoms with Crippen molar-refractivity contribution in [3.63, 3.8) is 0 Å². The molecule has 1 aliphatic rings. The van der Waals surface area contributed by atoms with Crippen LogP contribution in [0.25, 0.3) is 0 Å². The fourth-order valence-electron chi connectivity index (χ4n) is 2.75. The van der Waals surface area contributed by atoms with Gasteiger partial charge in [-0.05, 0) is 31.1 Å². The molecule has 0 heterocycles. The van der Waals surface area contributed by atoms with Crippen molar-refractivity contribution in [2.45, 2.75) is 70.8 Å². The van der Waals surface area contributed by atoms with E-state index in [1.807, 2.05) is 0 Å². The van der Waals surface area contributed by atoms with Crippen molar-refractivity contribution in [3.8, 4) is 0 Å². The Morgan fingerprint density at radius 2 is 1.87 bits per heavy atom. The highest BCUT2D eigenvalue weighted by molar-refractivity contribution is 6.76. The molecule has 1 N–H and O–H groups in total. The highest BCUT2D eigenvalue weighted by Gasteiger charge is 2.31. The largest absolute Gasteiger partial charge is 0.393 e. The molecule has 90 valence electrons. The van der Waals surface area contributed by atoms with Gasteiger partial charge < -0.3 is 5.11 Å². The molecule has 0 aromatic carbocycles. The van der Waals surface area contributed by atoms with E-state index in [1.165, 1.54) is 31.7 Å². The summed E-state index contributed by atoms with van der Waals surface area (Å²) in [5.74, 6) is 1.42. The van der Waals surface area contributed by atoms with Crippen LogP contribution in [0.4, 0.5) is 0 Å². The van der Waals surface area contributed by atoms with E-state index in [2.05, 4.69) is 26.6 Å². The van der Waals surface area contributed by atoms with Crippen molar-refractivity contribution in [1.82, 2.24) is 0 Å². The van der Waals surface area contributed by atoms with E-state index in [4.69, 9.17) is 0 Å². The van der Waals surface area contributed by atoms with E-state index < -0.39 is 8.07 Å². The van der Waals surface area contributed by atoms with Gasteiger partial charge in [0.1, 0.15) is 0 Å². The van der Waals surface area contributed by atoms with E-state index in [-0.39, 0.29) is 6.10 Å². The van der Waals surface area contributed by atoms with Crippen LogP contribution in [0.15, 0.2) is 0 Å². The van der Waals surface area contributed by atoms with Gasteiger partial charge in [-0.1, -0.05) is 45.5 Å². The summed E-state index contributed by atoms with van der Waals surface area (Å²) in [6.45, 7) is 9.56. The molecule has 0 saturated heterocycles. The van der Waals surface area contributed by atoms with Crippen LogP contribution >= 0.6 is 0 Å². The van der Waals surface area contributed by atoms with Crippen molar-refractivity contribution in [1.29, 1.82) is 0 Å². The van der Waals surface area contributed by atoms with Crippen LogP contribution in [0.2, 0.25) is 25.7 Å². The van der Waals surface area contributed by atoms with Gasteiger partial charge in [0, 0.05) is 8.07 Å². The molecule has 0 bridgehead atoms. The molecule has 2 heteroatoms. The molecule has 1 fully saturated rings. The lowest BCUT2D eigenvalue weighted by molar-refractivity contribution is 0.126. The average Bonchev–Trinajstić information content (AvgIpc) is 2.45. The maximum Gasteiger partial charge on any atom is 0.0571 e. The van der Waals surface area contributed by atoms with Crippen LogP contribution in [-0.4, -0.2) is 19.3 Å². The van der Waals surface area contributed by atoms with Gasteiger partial charge in [0.15, 0.2) is 0 Å². The second-order valence-electron chi connectivity index (χ2n) is 6.53. The highest BCUT2D eigenvalue weighted by atomic mass is 28.3. The quantitative estimate of drug-likeness (QED) is 0.708. The lowest BCUT2D eigenvalue weighted by Gasteiger charge is -2.18. The van der Waals surface area contributed by atoms with Gasteiger partial charge in [0.2, 0.25) is 0 Å². The van der Waals surface area contributed by atoms with Crippen molar-refractivity contribution >= 4 is 8.07 Å². The van der Waals surface area contributed by atoms with Crippen LogP contribution in [0.1, 0.15) is 39.0 Å². The maximum atomic E-state index is 9.93. The van der Waals surface area contributed by atoms with E-state index in [0.29, 0.717) is 5.92 Å². The third kappa shape index (κ3) is 4.69. The smallest absolute Gasteiger partial charge is 0.0571 e. The van der Waals surface area contributed by atoms with Gasteiger partial charge in [-0.3, -0.25) is 0 Å². The third-order valence-corrected chi connectivity index (χ3v) is 5.69. The number of aliphatic hydroxyl groups excluding tert-OH is 1. The first kappa shape index (κ1) is 13.2. The molecule has 1 aliphatic carbocycles. The number of hydrogen-bond donors (Lipinski definition) is 1. The van der Waals surface area contributed by atoms with Crippen molar-refractivity contribution in [2.24, 2.45) is 11.8 Å². The Hall–Kier alpha value is 0.177. The molecular weight excluding hydrogens is 200 g/mol. The van der Waals surface area contributed by atoms with Gasteiger partial charge >= 0.3 is 0 Å². The Bertz CT molecular complexity index is 185. The summed E-state index contributed by atoms with van der Waals surface area (Å²) in [4.78, 5) is 0. The van der Waals surface area contributed by atoms with Crippen molar-refractivity contribution in [3.05, 3.63) is 0 Å². The van der Waals surface area contributed by atoms with Crippen LogP contribution in [-0.2, 0) is 0 Å². The summed E-state index contributed by atoms with van der Waals surface area (Å²) in [6, 6.07) is 1.42. The summed E-state index contributed by atoms with van der Waals surface area (Å²) in [5.41, 5.74) is 0. The normalized spacial score (nSPS) is 32.2. The Morgan fingerprint density at radius 3 is 2.33 bits per heavy atom.